The number of benzene rings is 1. The first-order chi connectivity index (χ1) is 15.4. The van der Waals surface area contributed by atoms with E-state index < -0.39 is 0 Å². The molecule has 2 fully saturated rings. The van der Waals surface area contributed by atoms with Gasteiger partial charge in [-0.15, -0.1) is 0 Å². The van der Waals surface area contributed by atoms with Gasteiger partial charge < -0.3 is 15.5 Å². The van der Waals surface area contributed by atoms with Crippen molar-refractivity contribution in [1.29, 1.82) is 0 Å². The lowest BCUT2D eigenvalue weighted by Gasteiger charge is -2.38. The van der Waals surface area contributed by atoms with E-state index in [-0.39, 0.29) is 11.2 Å². The van der Waals surface area contributed by atoms with E-state index in [1.54, 1.807) is 12.1 Å². The highest BCUT2D eigenvalue weighted by molar-refractivity contribution is 7.80. The van der Waals surface area contributed by atoms with E-state index in [2.05, 4.69) is 32.4 Å². The highest BCUT2D eigenvalue weighted by Crippen LogP contribution is 2.39. The summed E-state index contributed by atoms with van der Waals surface area (Å²) in [6.07, 6.45) is 8.06. The number of hydrogen-bond acceptors (Lipinski definition) is 4. The number of aromatic nitrogens is 2. The second-order valence-electron chi connectivity index (χ2n) is 9.22. The summed E-state index contributed by atoms with van der Waals surface area (Å²) in [6, 6.07) is 8.72. The third kappa shape index (κ3) is 5.67. The predicted octanol–water partition coefficient (Wildman–Crippen LogP) is 5.69. The average molecular weight is 476 g/mol. The van der Waals surface area contributed by atoms with Crippen LogP contribution in [0.1, 0.15) is 57.4 Å². The van der Waals surface area contributed by atoms with Crippen LogP contribution in [0.4, 0.5) is 16.2 Å². The highest BCUT2D eigenvalue weighted by atomic mass is 35.5. The fourth-order valence-corrected chi connectivity index (χ4v) is 5.36. The first-order valence-electron chi connectivity index (χ1n) is 11.5. The minimum Gasteiger partial charge on any atom is -0.361 e. The largest absolute Gasteiger partial charge is 0.361 e. The lowest BCUT2D eigenvalue weighted by atomic mass is 9.69. The summed E-state index contributed by atoms with van der Waals surface area (Å²) < 4.78 is 13.5. The average Bonchev–Trinajstić information content (AvgIpc) is 2.78. The SMILES string of the molecule is C[C@H]1CCCN(c2cc(Cl)nc(NC(=S)NCC3(c4ccc(F)cc4)CCCCC3)n2)C1. The summed E-state index contributed by atoms with van der Waals surface area (Å²) in [7, 11) is 0. The molecule has 2 aromatic rings. The van der Waals surface area contributed by atoms with Crippen LogP contribution in [0.15, 0.2) is 30.3 Å². The van der Waals surface area contributed by atoms with Crippen LogP contribution in [0.3, 0.4) is 0 Å². The zero-order valence-corrected chi connectivity index (χ0v) is 20.1. The van der Waals surface area contributed by atoms with Crippen molar-refractivity contribution in [2.75, 3.05) is 29.9 Å². The Hall–Kier alpha value is -1.99. The second-order valence-corrected chi connectivity index (χ2v) is 10.0. The first kappa shape index (κ1) is 23.2. The first-order valence-corrected chi connectivity index (χ1v) is 12.3. The van der Waals surface area contributed by atoms with Crippen LogP contribution in [0.5, 0.6) is 0 Å². The van der Waals surface area contributed by atoms with Gasteiger partial charge in [0.25, 0.3) is 0 Å². The zero-order valence-electron chi connectivity index (χ0n) is 18.5. The Kier molecular flexibility index (Phi) is 7.46. The molecule has 2 N–H and O–H groups in total. The monoisotopic (exact) mass is 475 g/mol. The molecule has 2 heterocycles. The van der Waals surface area contributed by atoms with Gasteiger partial charge in [0, 0.05) is 31.1 Å². The number of thiocarbonyl (C=S) groups is 1. The van der Waals surface area contributed by atoms with Crippen molar-refractivity contribution in [3.8, 4) is 0 Å². The molecule has 172 valence electrons. The van der Waals surface area contributed by atoms with Gasteiger partial charge in [0.1, 0.15) is 16.8 Å². The lowest BCUT2D eigenvalue weighted by molar-refractivity contribution is 0.292. The van der Waals surface area contributed by atoms with E-state index in [0.717, 1.165) is 56.6 Å². The van der Waals surface area contributed by atoms with Gasteiger partial charge in [-0.2, -0.15) is 4.98 Å². The van der Waals surface area contributed by atoms with Crippen LogP contribution in [0, 0.1) is 11.7 Å². The van der Waals surface area contributed by atoms with Crippen molar-refractivity contribution in [1.82, 2.24) is 15.3 Å². The van der Waals surface area contributed by atoms with E-state index >= 15 is 0 Å². The van der Waals surface area contributed by atoms with Crippen molar-refractivity contribution in [3.05, 3.63) is 46.9 Å². The van der Waals surface area contributed by atoms with Crippen LogP contribution in [-0.2, 0) is 5.41 Å². The Morgan fingerprint density at radius 3 is 2.66 bits per heavy atom. The Morgan fingerprint density at radius 1 is 1.19 bits per heavy atom. The molecule has 0 bridgehead atoms. The van der Waals surface area contributed by atoms with Gasteiger partial charge >= 0.3 is 0 Å². The highest BCUT2D eigenvalue weighted by Gasteiger charge is 2.34. The van der Waals surface area contributed by atoms with E-state index in [1.165, 1.54) is 12.8 Å². The number of rotatable bonds is 5. The van der Waals surface area contributed by atoms with Crippen LogP contribution in [0.2, 0.25) is 5.15 Å². The molecule has 1 saturated carbocycles. The molecule has 1 aliphatic heterocycles. The Bertz CT molecular complexity index is 932. The zero-order chi connectivity index (χ0) is 22.6. The standard InChI is InChI=1S/C24H31ClFN5S/c1-17-6-5-13-31(15-17)21-14-20(25)28-22(29-21)30-23(32)27-16-24(11-3-2-4-12-24)18-7-9-19(26)10-8-18/h7-10,14,17H,2-6,11-13,15-16H2,1H3,(H2,27,28,29,30,32)/t17-/m0/s1. The summed E-state index contributed by atoms with van der Waals surface area (Å²) in [5.41, 5.74) is 1.11. The van der Waals surface area contributed by atoms with Gasteiger partial charge in [0.15, 0.2) is 5.11 Å². The van der Waals surface area contributed by atoms with Gasteiger partial charge in [-0.05, 0) is 61.5 Å². The number of nitrogens with zero attached hydrogens (tertiary/aromatic N) is 3. The molecule has 8 heteroatoms. The van der Waals surface area contributed by atoms with Gasteiger partial charge in [-0.25, -0.2) is 9.37 Å². The van der Waals surface area contributed by atoms with Gasteiger partial charge in [-0.1, -0.05) is 49.9 Å². The number of piperidine rings is 1. The molecule has 0 amide bonds. The molecule has 1 aromatic heterocycles. The van der Waals surface area contributed by atoms with Crippen molar-refractivity contribution >= 4 is 40.7 Å². The summed E-state index contributed by atoms with van der Waals surface area (Å²) in [4.78, 5) is 11.2. The minimum atomic E-state index is -0.207. The van der Waals surface area contributed by atoms with Crippen molar-refractivity contribution in [2.45, 2.75) is 57.3 Å². The smallest absolute Gasteiger partial charge is 0.232 e. The Morgan fingerprint density at radius 2 is 1.94 bits per heavy atom. The molecular weight excluding hydrogens is 445 g/mol. The fraction of sp³-hybridized carbons (Fsp3) is 0.542. The quantitative estimate of drug-likeness (QED) is 0.427. The molecule has 5 nitrogen and oxygen atoms in total. The molecule has 0 spiro atoms. The van der Waals surface area contributed by atoms with Crippen molar-refractivity contribution in [3.63, 3.8) is 0 Å². The molecule has 1 atom stereocenters. The van der Waals surface area contributed by atoms with Crippen molar-refractivity contribution < 1.29 is 4.39 Å². The fourth-order valence-electron chi connectivity index (χ4n) is 5.02. The normalized spacial score (nSPS) is 20.6. The van der Waals surface area contributed by atoms with Crippen LogP contribution >= 0.6 is 23.8 Å². The summed E-state index contributed by atoms with van der Waals surface area (Å²) in [5, 5.41) is 7.35. The van der Waals surface area contributed by atoms with Gasteiger partial charge in [-0.3, -0.25) is 0 Å². The maximum absolute atomic E-state index is 13.5. The number of halogens is 2. The predicted molar refractivity (Wildman–Crippen MR) is 133 cm³/mol. The molecule has 0 radical (unpaired) electrons. The third-order valence-corrected chi connectivity index (χ3v) is 7.18. The molecule has 1 aromatic carbocycles. The molecule has 2 aliphatic rings. The van der Waals surface area contributed by atoms with E-state index in [1.807, 2.05) is 18.2 Å². The van der Waals surface area contributed by atoms with Crippen LogP contribution < -0.4 is 15.5 Å². The van der Waals surface area contributed by atoms with Crippen molar-refractivity contribution in [2.24, 2.45) is 5.92 Å². The Labute approximate surface area is 200 Å². The maximum atomic E-state index is 13.5. The number of hydrogen-bond donors (Lipinski definition) is 2. The van der Waals surface area contributed by atoms with E-state index in [9.17, 15) is 4.39 Å². The third-order valence-electron chi connectivity index (χ3n) is 6.74. The molecule has 0 unspecified atom stereocenters. The van der Waals surface area contributed by atoms with Crippen LogP contribution in [-0.4, -0.2) is 34.7 Å². The summed E-state index contributed by atoms with van der Waals surface area (Å²) in [5.74, 6) is 1.66. The molecular formula is C24H31ClFN5S. The van der Waals surface area contributed by atoms with E-state index in [0.29, 0.717) is 28.7 Å². The molecule has 1 aliphatic carbocycles. The number of nitrogens with one attached hydrogen (secondary N) is 2. The molecule has 1 saturated heterocycles. The van der Waals surface area contributed by atoms with E-state index in [4.69, 9.17) is 23.8 Å². The molecule has 4 rings (SSSR count). The van der Waals surface area contributed by atoms with Gasteiger partial charge in [0.2, 0.25) is 5.95 Å². The van der Waals surface area contributed by atoms with Gasteiger partial charge in [0.05, 0.1) is 0 Å². The summed E-state index contributed by atoms with van der Waals surface area (Å²) >= 11 is 11.9. The summed E-state index contributed by atoms with van der Waals surface area (Å²) in [6.45, 7) is 4.88. The molecule has 32 heavy (non-hydrogen) atoms. The second kappa shape index (κ2) is 10.3. The Balaban J connectivity index is 1.43. The number of anilines is 2. The minimum absolute atomic E-state index is 0.0536. The van der Waals surface area contributed by atoms with Crippen LogP contribution in [0.25, 0.3) is 0 Å². The lowest BCUT2D eigenvalue weighted by Crippen LogP contribution is -2.43. The topological polar surface area (TPSA) is 53.1 Å². The maximum Gasteiger partial charge on any atom is 0.232 e.